The number of ether oxygens (including phenoxy) is 1. The van der Waals surface area contributed by atoms with E-state index in [1.807, 2.05) is 6.92 Å². The summed E-state index contributed by atoms with van der Waals surface area (Å²) in [5.74, 6) is -0.138. The maximum Gasteiger partial charge on any atom is 0.305 e. The lowest BCUT2D eigenvalue weighted by Crippen LogP contribution is -1.99. The molecule has 0 spiro atoms. The molecule has 0 aliphatic heterocycles. The summed E-state index contributed by atoms with van der Waals surface area (Å²) < 4.78 is 4.46. The topological polar surface area (TPSA) is 26.3 Å². The van der Waals surface area contributed by atoms with Crippen LogP contribution < -0.4 is 0 Å². The maximum atomic E-state index is 10.5. The van der Waals surface area contributed by atoms with Gasteiger partial charge >= 0.3 is 5.97 Å². The van der Waals surface area contributed by atoms with Gasteiger partial charge in [-0.25, -0.2) is 0 Å². The van der Waals surface area contributed by atoms with Crippen LogP contribution in [-0.4, -0.2) is 13.1 Å². The summed E-state index contributed by atoms with van der Waals surface area (Å²) in [6, 6.07) is 0. The number of allylic oxidation sites excluding steroid dienone is 1. The van der Waals surface area contributed by atoms with Crippen molar-refractivity contribution < 1.29 is 9.53 Å². The summed E-state index contributed by atoms with van der Waals surface area (Å²) >= 11 is 0. The third-order valence-corrected chi connectivity index (χ3v) is 1.21. The molecule has 58 valence electrons. The Morgan fingerprint density at radius 2 is 2.10 bits per heavy atom. The SMILES string of the molecule is C=C(C)CCCC(=O)OC. The molecule has 0 saturated heterocycles. The van der Waals surface area contributed by atoms with Crippen LogP contribution in [0.3, 0.4) is 0 Å². The minimum absolute atomic E-state index is 0.138. The second-order valence-corrected chi connectivity index (χ2v) is 2.39. The summed E-state index contributed by atoms with van der Waals surface area (Å²) in [6.07, 6.45) is 2.26. The van der Waals surface area contributed by atoms with Crippen LogP contribution in [-0.2, 0) is 9.53 Å². The molecule has 0 heterocycles. The fourth-order valence-electron chi connectivity index (χ4n) is 0.637. The average molecular weight is 142 g/mol. The first-order valence-electron chi connectivity index (χ1n) is 3.38. The molecule has 0 N–H and O–H groups in total. The Kier molecular flexibility index (Phi) is 4.63. The number of methoxy groups -OCH3 is 1. The Balaban J connectivity index is 3.20. The molecule has 0 aliphatic rings. The van der Waals surface area contributed by atoms with Crippen molar-refractivity contribution in [2.45, 2.75) is 26.2 Å². The Morgan fingerprint density at radius 1 is 1.50 bits per heavy atom. The lowest BCUT2D eigenvalue weighted by Gasteiger charge is -1.97. The predicted octanol–water partition coefficient (Wildman–Crippen LogP) is 1.91. The van der Waals surface area contributed by atoms with Crippen LogP contribution in [0.15, 0.2) is 12.2 Å². The number of hydrogen-bond acceptors (Lipinski definition) is 2. The van der Waals surface area contributed by atoms with E-state index < -0.39 is 0 Å². The highest BCUT2D eigenvalue weighted by Crippen LogP contribution is 2.03. The highest BCUT2D eigenvalue weighted by Gasteiger charge is 1.97. The third-order valence-electron chi connectivity index (χ3n) is 1.21. The zero-order chi connectivity index (χ0) is 7.98. The molecule has 0 aromatic heterocycles. The van der Waals surface area contributed by atoms with E-state index in [4.69, 9.17) is 0 Å². The molecule has 0 saturated carbocycles. The Bertz CT molecular complexity index is 127. The van der Waals surface area contributed by atoms with Gasteiger partial charge in [-0.3, -0.25) is 4.79 Å². The molecule has 0 atom stereocenters. The highest BCUT2D eigenvalue weighted by molar-refractivity contribution is 5.69. The van der Waals surface area contributed by atoms with Crippen LogP contribution in [0.25, 0.3) is 0 Å². The van der Waals surface area contributed by atoms with Gasteiger partial charge in [0.25, 0.3) is 0 Å². The smallest absolute Gasteiger partial charge is 0.305 e. The van der Waals surface area contributed by atoms with Crippen LogP contribution in [0.1, 0.15) is 26.2 Å². The highest BCUT2D eigenvalue weighted by atomic mass is 16.5. The summed E-state index contributed by atoms with van der Waals surface area (Å²) in [6.45, 7) is 5.68. The molecule has 0 amide bonds. The van der Waals surface area contributed by atoms with Crippen LogP contribution in [0.2, 0.25) is 0 Å². The first kappa shape index (κ1) is 9.21. The molecular formula is C8H14O2. The molecule has 0 radical (unpaired) electrons. The third kappa shape index (κ3) is 5.35. The van der Waals surface area contributed by atoms with Crippen molar-refractivity contribution in [1.82, 2.24) is 0 Å². The van der Waals surface area contributed by atoms with Crippen LogP contribution in [0.4, 0.5) is 0 Å². The van der Waals surface area contributed by atoms with E-state index in [1.54, 1.807) is 0 Å². The fourth-order valence-corrected chi connectivity index (χ4v) is 0.637. The quantitative estimate of drug-likeness (QED) is 0.442. The minimum Gasteiger partial charge on any atom is -0.469 e. The van der Waals surface area contributed by atoms with Gasteiger partial charge in [0, 0.05) is 6.42 Å². The van der Waals surface area contributed by atoms with E-state index >= 15 is 0 Å². The molecule has 0 aliphatic carbocycles. The molecule has 0 unspecified atom stereocenters. The van der Waals surface area contributed by atoms with Gasteiger partial charge in [0.15, 0.2) is 0 Å². The van der Waals surface area contributed by atoms with Crippen molar-refractivity contribution >= 4 is 5.97 Å². The van der Waals surface area contributed by atoms with Gasteiger partial charge in [-0.1, -0.05) is 5.57 Å². The first-order valence-corrected chi connectivity index (χ1v) is 3.38. The molecule has 0 aromatic rings. The molecule has 0 rings (SSSR count). The van der Waals surface area contributed by atoms with Gasteiger partial charge in [0.1, 0.15) is 0 Å². The van der Waals surface area contributed by atoms with E-state index in [9.17, 15) is 4.79 Å². The Morgan fingerprint density at radius 3 is 2.50 bits per heavy atom. The second kappa shape index (κ2) is 5.03. The molecule has 0 fully saturated rings. The molecule has 10 heavy (non-hydrogen) atoms. The summed E-state index contributed by atoms with van der Waals surface area (Å²) in [7, 11) is 1.41. The standard InChI is InChI=1S/C8H14O2/c1-7(2)5-4-6-8(9)10-3/h1,4-6H2,2-3H3. The Labute approximate surface area is 61.9 Å². The van der Waals surface area contributed by atoms with Crippen LogP contribution in [0.5, 0.6) is 0 Å². The molecule has 0 bridgehead atoms. The molecule has 0 aromatic carbocycles. The zero-order valence-corrected chi connectivity index (χ0v) is 6.64. The lowest BCUT2D eigenvalue weighted by molar-refractivity contribution is -0.140. The fraction of sp³-hybridized carbons (Fsp3) is 0.625. The van der Waals surface area contributed by atoms with Crippen LogP contribution >= 0.6 is 0 Å². The number of rotatable bonds is 4. The van der Waals surface area contributed by atoms with Crippen molar-refractivity contribution in [3.63, 3.8) is 0 Å². The van der Waals surface area contributed by atoms with E-state index in [2.05, 4.69) is 11.3 Å². The van der Waals surface area contributed by atoms with Gasteiger partial charge in [0.2, 0.25) is 0 Å². The summed E-state index contributed by atoms with van der Waals surface area (Å²) in [5, 5.41) is 0. The van der Waals surface area contributed by atoms with E-state index in [0.29, 0.717) is 6.42 Å². The number of carbonyl (C=O) groups excluding carboxylic acids is 1. The van der Waals surface area contributed by atoms with E-state index in [1.165, 1.54) is 7.11 Å². The number of hydrogen-bond donors (Lipinski definition) is 0. The van der Waals surface area contributed by atoms with Gasteiger partial charge in [-0.15, -0.1) is 6.58 Å². The van der Waals surface area contributed by atoms with Crippen molar-refractivity contribution in [2.75, 3.05) is 7.11 Å². The lowest BCUT2D eigenvalue weighted by atomic mass is 10.1. The van der Waals surface area contributed by atoms with Gasteiger partial charge < -0.3 is 4.74 Å². The van der Waals surface area contributed by atoms with Crippen molar-refractivity contribution in [3.05, 3.63) is 12.2 Å². The minimum atomic E-state index is -0.138. The van der Waals surface area contributed by atoms with Crippen molar-refractivity contribution in [2.24, 2.45) is 0 Å². The van der Waals surface area contributed by atoms with Crippen LogP contribution in [0, 0.1) is 0 Å². The number of carbonyl (C=O) groups is 1. The predicted molar refractivity (Wildman–Crippen MR) is 40.7 cm³/mol. The van der Waals surface area contributed by atoms with Gasteiger partial charge in [-0.05, 0) is 19.8 Å². The first-order chi connectivity index (χ1) is 4.66. The second-order valence-electron chi connectivity index (χ2n) is 2.39. The maximum absolute atomic E-state index is 10.5. The normalized spacial score (nSPS) is 9.00. The average Bonchev–Trinajstić information content (AvgIpc) is 1.87. The monoisotopic (exact) mass is 142 g/mol. The van der Waals surface area contributed by atoms with E-state index in [0.717, 1.165) is 18.4 Å². The Hall–Kier alpha value is -0.790. The molecule has 2 nitrogen and oxygen atoms in total. The van der Waals surface area contributed by atoms with Gasteiger partial charge in [0.05, 0.1) is 7.11 Å². The van der Waals surface area contributed by atoms with Crippen molar-refractivity contribution in [3.8, 4) is 0 Å². The van der Waals surface area contributed by atoms with E-state index in [-0.39, 0.29) is 5.97 Å². The largest absolute Gasteiger partial charge is 0.469 e. The summed E-state index contributed by atoms with van der Waals surface area (Å²) in [5.41, 5.74) is 1.11. The zero-order valence-electron chi connectivity index (χ0n) is 6.64. The number of esters is 1. The molecular weight excluding hydrogens is 128 g/mol. The molecule has 2 heteroatoms. The summed E-state index contributed by atoms with van der Waals surface area (Å²) in [4.78, 5) is 10.5. The van der Waals surface area contributed by atoms with Gasteiger partial charge in [-0.2, -0.15) is 0 Å². The van der Waals surface area contributed by atoms with Crippen molar-refractivity contribution in [1.29, 1.82) is 0 Å².